The van der Waals surface area contributed by atoms with Gasteiger partial charge in [-0.1, -0.05) is 19.1 Å². The zero-order valence-electron chi connectivity index (χ0n) is 11.2. The van der Waals surface area contributed by atoms with Gasteiger partial charge in [0.1, 0.15) is 0 Å². The summed E-state index contributed by atoms with van der Waals surface area (Å²) in [5.74, 6) is 1.83. The molecule has 1 heterocycles. The van der Waals surface area contributed by atoms with Crippen LogP contribution in [0.15, 0.2) is 36.5 Å². The fourth-order valence-electron chi connectivity index (χ4n) is 1.55. The van der Waals surface area contributed by atoms with E-state index >= 15 is 0 Å². The third kappa shape index (κ3) is 3.37. The van der Waals surface area contributed by atoms with Crippen molar-refractivity contribution in [2.24, 2.45) is 0 Å². The van der Waals surface area contributed by atoms with Gasteiger partial charge in [-0.25, -0.2) is 4.98 Å². The van der Waals surface area contributed by atoms with Crippen molar-refractivity contribution >= 4 is 5.69 Å². The molecule has 2 N–H and O–H groups in total. The van der Waals surface area contributed by atoms with E-state index in [1.807, 2.05) is 31.2 Å². The summed E-state index contributed by atoms with van der Waals surface area (Å²) >= 11 is 0. The smallest absolute Gasteiger partial charge is 0.221 e. The molecular formula is C15H18N2O2. The van der Waals surface area contributed by atoms with Gasteiger partial charge in [-0.3, -0.25) is 0 Å². The average molecular weight is 258 g/mol. The van der Waals surface area contributed by atoms with E-state index in [4.69, 9.17) is 15.2 Å². The number of aromatic nitrogens is 1. The number of nitrogen functional groups attached to an aromatic ring is 1. The maximum atomic E-state index is 5.84. The summed E-state index contributed by atoms with van der Waals surface area (Å²) < 4.78 is 11.4. The number of ether oxygens (including phenoxy) is 2. The topological polar surface area (TPSA) is 57.4 Å². The molecule has 2 aromatic rings. The molecule has 0 aliphatic carbocycles. The second-order valence-corrected chi connectivity index (χ2v) is 4.28. The van der Waals surface area contributed by atoms with E-state index in [2.05, 4.69) is 11.9 Å². The minimum absolute atomic E-state index is 0.468. The Kier molecular flexibility index (Phi) is 4.23. The first-order chi connectivity index (χ1) is 9.20. The van der Waals surface area contributed by atoms with E-state index in [0.717, 1.165) is 12.0 Å². The van der Waals surface area contributed by atoms with E-state index in [1.165, 1.54) is 0 Å². The zero-order chi connectivity index (χ0) is 13.7. The lowest BCUT2D eigenvalue weighted by Gasteiger charge is -2.11. The lowest BCUT2D eigenvalue weighted by Crippen LogP contribution is -1.98. The molecule has 0 radical (unpaired) electrons. The molecule has 0 amide bonds. The van der Waals surface area contributed by atoms with Gasteiger partial charge in [0.25, 0.3) is 0 Å². The summed E-state index contributed by atoms with van der Waals surface area (Å²) in [5.41, 5.74) is 7.44. The maximum absolute atomic E-state index is 5.84. The quantitative estimate of drug-likeness (QED) is 0.891. The molecular weight excluding hydrogens is 240 g/mol. The van der Waals surface area contributed by atoms with Crippen molar-refractivity contribution < 1.29 is 9.47 Å². The zero-order valence-corrected chi connectivity index (χ0v) is 11.2. The number of aryl methyl sites for hydroxylation is 1. The lowest BCUT2D eigenvalue weighted by molar-refractivity contribution is 0.301. The molecule has 100 valence electrons. The Bertz CT molecular complexity index is 556. The van der Waals surface area contributed by atoms with Crippen LogP contribution in [0.1, 0.15) is 18.9 Å². The Labute approximate surface area is 113 Å². The molecule has 1 aromatic carbocycles. The number of anilines is 1. The van der Waals surface area contributed by atoms with Gasteiger partial charge in [-0.15, -0.1) is 0 Å². The number of nitrogens with zero attached hydrogens (tertiary/aromatic N) is 1. The molecule has 4 heteroatoms. The first kappa shape index (κ1) is 13.2. The second-order valence-electron chi connectivity index (χ2n) is 4.28. The minimum atomic E-state index is 0.468. The monoisotopic (exact) mass is 258 g/mol. The number of hydrogen-bond donors (Lipinski definition) is 1. The van der Waals surface area contributed by atoms with E-state index in [9.17, 15) is 0 Å². The highest BCUT2D eigenvalue weighted by Gasteiger charge is 2.07. The van der Waals surface area contributed by atoms with Crippen molar-refractivity contribution in [1.29, 1.82) is 0 Å². The molecule has 1 aromatic heterocycles. The number of para-hydroxylation sites is 2. The Balaban J connectivity index is 2.20. The van der Waals surface area contributed by atoms with Gasteiger partial charge in [-0.2, -0.15) is 0 Å². The number of pyridine rings is 1. The van der Waals surface area contributed by atoms with Gasteiger partial charge in [-0.05, 0) is 31.0 Å². The minimum Gasteiger partial charge on any atom is -0.490 e. The third-order valence-electron chi connectivity index (χ3n) is 2.65. The van der Waals surface area contributed by atoms with Gasteiger partial charge in [0, 0.05) is 18.0 Å². The highest BCUT2D eigenvalue weighted by Crippen LogP contribution is 2.31. The van der Waals surface area contributed by atoms with Crippen LogP contribution < -0.4 is 15.2 Å². The molecule has 2 rings (SSSR count). The van der Waals surface area contributed by atoms with Crippen LogP contribution in [-0.4, -0.2) is 11.6 Å². The van der Waals surface area contributed by atoms with Gasteiger partial charge in [0.2, 0.25) is 5.88 Å². The van der Waals surface area contributed by atoms with Crippen LogP contribution in [0.25, 0.3) is 0 Å². The normalized spacial score (nSPS) is 10.2. The van der Waals surface area contributed by atoms with Crippen LogP contribution in [0.2, 0.25) is 0 Å². The van der Waals surface area contributed by atoms with E-state index in [-0.39, 0.29) is 0 Å². The van der Waals surface area contributed by atoms with Crippen molar-refractivity contribution in [3.05, 3.63) is 42.1 Å². The second kappa shape index (κ2) is 6.09. The number of benzene rings is 1. The van der Waals surface area contributed by atoms with Gasteiger partial charge in [0.05, 0.1) is 6.61 Å². The Hall–Kier alpha value is -2.23. The number of nitrogens with two attached hydrogens (primary N) is 1. The maximum Gasteiger partial charge on any atom is 0.221 e. The highest BCUT2D eigenvalue weighted by molar-refractivity contribution is 5.49. The molecule has 0 saturated heterocycles. The summed E-state index contributed by atoms with van der Waals surface area (Å²) in [6.07, 6.45) is 2.64. The Morgan fingerprint density at radius 3 is 2.63 bits per heavy atom. The third-order valence-corrected chi connectivity index (χ3v) is 2.65. The SMILES string of the molecule is CCCOc1ccccc1Oc1cc(N)c(C)cn1. The van der Waals surface area contributed by atoms with E-state index < -0.39 is 0 Å². The molecule has 0 spiro atoms. The summed E-state index contributed by atoms with van der Waals surface area (Å²) in [4.78, 5) is 4.20. The average Bonchev–Trinajstić information content (AvgIpc) is 2.42. The fraction of sp³-hybridized carbons (Fsp3) is 0.267. The first-order valence-corrected chi connectivity index (χ1v) is 6.32. The molecule has 0 saturated carbocycles. The predicted octanol–water partition coefficient (Wildman–Crippen LogP) is 3.55. The summed E-state index contributed by atoms with van der Waals surface area (Å²) in [5, 5.41) is 0. The van der Waals surface area contributed by atoms with Crippen LogP contribution >= 0.6 is 0 Å². The van der Waals surface area contributed by atoms with E-state index in [1.54, 1.807) is 12.3 Å². The molecule has 0 aliphatic heterocycles. The predicted molar refractivity (Wildman–Crippen MR) is 75.7 cm³/mol. The standard InChI is InChI=1S/C15H18N2O2/c1-3-8-18-13-6-4-5-7-14(13)19-15-9-12(16)11(2)10-17-15/h4-7,9-10H,3,8H2,1-2H3,(H2,16,17). The largest absolute Gasteiger partial charge is 0.490 e. The van der Waals surface area contributed by atoms with Crippen molar-refractivity contribution in [3.8, 4) is 17.4 Å². The number of hydrogen-bond acceptors (Lipinski definition) is 4. The molecule has 0 atom stereocenters. The number of rotatable bonds is 5. The van der Waals surface area contributed by atoms with Gasteiger partial charge < -0.3 is 15.2 Å². The van der Waals surface area contributed by atoms with Crippen LogP contribution in [0, 0.1) is 6.92 Å². The summed E-state index contributed by atoms with van der Waals surface area (Å²) in [6, 6.07) is 9.25. The lowest BCUT2D eigenvalue weighted by atomic mass is 10.2. The summed E-state index contributed by atoms with van der Waals surface area (Å²) in [7, 11) is 0. The van der Waals surface area contributed by atoms with Crippen molar-refractivity contribution in [2.75, 3.05) is 12.3 Å². The van der Waals surface area contributed by atoms with Crippen molar-refractivity contribution in [1.82, 2.24) is 4.98 Å². The van der Waals surface area contributed by atoms with Crippen molar-refractivity contribution in [2.45, 2.75) is 20.3 Å². The molecule has 0 fully saturated rings. The highest BCUT2D eigenvalue weighted by atomic mass is 16.5. The Morgan fingerprint density at radius 1 is 1.21 bits per heavy atom. The summed E-state index contributed by atoms with van der Waals surface area (Å²) in [6.45, 7) is 4.62. The van der Waals surface area contributed by atoms with Gasteiger partial charge >= 0.3 is 0 Å². The molecule has 4 nitrogen and oxygen atoms in total. The first-order valence-electron chi connectivity index (χ1n) is 6.32. The van der Waals surface area contributed by atoms with Crippen LogP contribution in [-0.2, 0) is 0 Å². The van der Waals surface area contributed by atoms with Crippen LogP contribution in [0.3, 0.4) is 0 Å². The van der Waals surface area contributed by atoms with Crippen LogP contribution in [0.4, 0.5) is 5.69 Å². The van der Waals surface area contributed by atoms with E-state index in [0.29, 0.717) is 29.7 Å². The van der Waals surface area contributed by atoms with Crippen LogP contribution in [0.5, 0.6) is 17.4 Å². The molecule has 0 aliphatic rings. The molecule has 19 heavy (non-hydrogen) atoms. The Morgan fingerprint density at radius 2 is 1.95 bits per heavy atom. The molecule has 0 unspecified atom stereocenters. The van der Waals surface area contributed by atoms with Crippen molar-refractivity contribution in [3.63, 3.8) is 0 Å². The fourth-order valence-corrected chi connectivity index (χ4v) is 1.55. The van der Waals surface area contributed by atoms with Gasteiger partial charge in [0.15, 0.2) is 11.5 Å². The molecule has 0 bridgehead atoms.